The van der Waals surface area contributed by atoms with Crippen LogP contribution in [0.4, 0.5) is 0 Å². The summed E-state index contributed by atoms with van der Waals surface area (Å²) in [4.78, 5) is 12.7. The van der Waals surface area contributed by atoms with Gasteiger partial charge in [-0.3, -0.25) is 9.48 Å². The van der Waals surface area contributed by atoms with Crippen LogP contribution in [0.2, 0.25) is 0 Å². The zero-order valence-corrected chi connectivity index (χ0v) is 16.1. The number of carbonyl (C=O) groups is 1. The molecule has 8 nitrogen and oxygen atoms in total. The number of hydrogen-bond acceptors (Lipinski definition) is 5. The molecule has 0 radical (unpaired) electrons. The number of nitrogens with zero attached hydrogens (tertiary/aromatic N) is 3. The van der Waals surface area contributed by atoms with E-state index in [2.05, 4.69) is 15.7 Å². The first-order valence-electron chi connectivity index (χ1n) is 8.29. The zero-order chi connectivity index (χ0) is 17.3. The molecule has 1 unspecified atom stereocenters. The second-order valence-electron chi connectivity index (χ2n) is 6.79. The van der Waals surface area contributed by atoms with Crippen LogP contribution in [0.15, 0.2) is 12.4 Å². The highest BCUT2D eigenvalue weighted by atomic mass is 35.5. The average molecular weight is 392 g/mol. The first kappa shape index (κ1) is 20.2. The van der Waals surface area contributed by atoms with E-state index in [-0.39, 0.29) is 36.2 Å². The van der Waals surface area contributed by atoms with Gasteiger partial charge in [0, 0.05) is 51.4 Å². The first-order valence-corrected chi connectivity index (χ1v) is 10.1. The lowest BCUT2D eigenvalue weighted by Crippen LogP contribution is -2.51. The van der Waals surface area contributed by atoms with Gasteiger partial charge >= 0.3 is 0 Å². The van der Waals surface area contributed by atoms with Crippen LogP contribution >= 0.6 is 12.4 Å². The van der Waals surface area contributed by atoms with Crippen molar-refractivity contribution in [3.8, 4) is 0 Å². The molecular weight excluding hydrogens is 366 g/mol. The van der Waals surface area contributed by atoms with Crippen LogP contribution in [0, 0.1) is 5.92 Å². The van der Waals surface area contributed by atoms with Crippen molar-refractivity contribution in [3.63, 3.8) is 0 Å². The molecule has 1 aromatic heterocycles. The number of sulfonamides is 1. The third kappa shape index (κ3) is 4.72. The maximum absolute atomic E-state index is 12.7. The fourth-order valence-corrected chi connectivity index (χ4v) is 4.52. The van der Waals surface area contributed by atoms with Crippen molar-refractivity contribution in [2.45, 2.75) is 24.8 Å². The van der Waals surface area contributed by atoms with Crippen molar-refractivity contribution in [1.82, 2.24) is 24.7 Å². The molecule has 2 aliphatic heterocycles. The summed E-state index contributed by atoms with van der Waals surface area (Å²) in [6, 6.07) is -0.115. The van der Waals surface area contributed by atoms with Crippen LogP contribution < -0.4 is 10.6 Å². The second-order valence-corrected chi connectivity index (χ2v) is 8.77. The Morgan fingerprint density at radius 1 is 1.40 bits per heavy atom. The number of hydrogen-bond donors (Lipinski definition) is 2. The number of halogens is 1. The highest BCUT2D eigenvalue weighted by Crippen LogP contribution is 2.28. The quantitative estimate of drug-likeness (QED) is 0.733. The van der Waals surface area contributed by atoms with E-state index in [1.165, 1.54) is 10.6 Å². The van der Waals surface area contributed by atoms with E-state index in [0.717, 1.165) is 24.9 Å². The van der Waals surface area contributed by atoms with Gasteiger partial charge in [0.25, 0.3) is 0 Å². The molecule has 3 atom stereocenters. The third-order valence-electron chi connectivity index (χ3n) is 4.90. The summed E-state index contributed by atoms with van der Waals surface area (Å²) in [6.45, 7) is 2.29. The zero-order valence-electron chi connectivity index (χ0n) is 14.5. The van der Waals surface area contributed by atoms with Crippen molar-refractivity contribution < 1.29 is 13.2 Å². The molecule has 3 rings (SSSR count). The number of nitrogens with one attached hydrogen (secondary N) is 2. The fourth-order valence-electron chi connectivity index (χ4n) is 3.61. The van der Waals surface area contributed by atoms with E-state index in [1.54, 1.807) is 4.68 Å². The molecule has 0 saturated carbocycles. The van der Waals surface area contributed by atoms with Crippen molar-refractivity contribution in [2.75, 3.05) is 32.4 Å². The number of aryl methyl sites for hydroxylation is 1. The summed E-state index contributed by atoms with van der Waals surface area (Å²) < 4.78 is 26.6. The topological polar surface area (TPSA) is 96.3 Å². The summed E-state index contributed by atoms with van der Waals surface area (Å²) in [6.07, 6.45) is 6.56. The van der Waals surface area contributed by atoms with Crippen molar-refractivity contribution >= 4 is 28.3 Å². The number of rotatable bonds is 4. The van der Waals surface area contributed by atoms with Gasteiger partial charge in [0.05, 0.1) is 18.4 Å². The second kappa shape index (κ2) is 8.03. The van der Waals surface area contributed by atoms with Crippen LogP contribution in [0.25, 0.3) is 0 Å². The van der Waals surface area contributed by atoms with Gasteiger partial charge in [-0.05, 0) is 18.4 Å². The molecule has 0 spiro atoms. The molecule has 0 bridgehead atoms. The number of amides is 1. The molecule has 2 fully saturated rings. The SMILES string of the molecule is Cl.Cn1cc([C@H]2CNC[C@@H]2C(=O)NC2CCCN(S(C)(=O)=O)C2)cn1. The van der Waals surface area contributed by atoms with Gasteiger partial charge in [-0.15, -0.1) is 12.4 Å². The minimum atomic E-state index is -3.21. The number of carbonyl (C=O) groups excluding carboxylic acids is 1. The van der Waals surface area contributed by atoms with Crippen LogP contribution in [-0.2, 0) is 21.9 Å². The normalized spacial score (nSPS) is 27.7. The van der Waals surface area contributed by atoms with Crippen molar-refractivity contribution in [1.29, 1.82) is 0 Å². The van der Waals surface area contributed by atoms with Crippen LogP contribution in [0.3, 0.4) is 0 Å². The molecule has 2 saturated heterocycles. The van der Waals surface area contributed by atoms with E-state index in [1.807, 2.05) is 19.4 Å². The van der Waals surface area contributed by atoms with E-state index in [0.29, 0.717) is 19.6 Å². The largest absolute Gasteiger partial charge is 0.352 e. The Balaban J connectivity index is 0.00000225. The van der Waals surface area contributed by atoms with E-state index in [4.69, 9.17) is 0 Å². The molecule has 1 amide bonds. The van der Waals surface area contributed by atoms with Crippen molar-refractivity contribution in [3.05, 3.63) is 18.0 Å². The molecule has 10 heteroatoms. The van der Waals surface area contributed by atoms with Gasteiger partial charge < -0.3 is 10.6 Å². The molecular formula is C15H26ClN5O3S. The first-order chi connectivity index (χ1) is 11.3. The van der Waals surface area contributed by atoms with E-state index >= 15 is 0 Å². The fraction of sp³-hybridized carbons (Fsp3) is 0.733. The summed E-state index contributed by atoms with van der Waals surface area (Å²) >= 11 is 0. The van der Waals surface area contributed by atoms with Crippen LogP contribution in [0.5, 0.6) is 0 Å². The summed E-state index contributed by atoms with van der Waals surface area (Å²) in [5, 5.41) is 10.5. The molecule has 25 heavy (non-hydrogen) atoms. The lowest BCUT2D eigenvalue weighted by molar-refractivity contribution is -0.125. The Morgan fingerprint density at radius 3 is 2.80 bits per heavy atom. The number of piperidine rings is 1. The van der Waals surface area contributed by atoms with Crippen molar-refractivity contribution in [2.24, 2.45) is 13.0 Å². The lowest BCUT2D eigenvalue weighted by atomic mass is 9.90. The maximum atomic E-state index is 12.7. The predicted octanol–water partition coefficient (Wildman–Crippen LogP) is -0.315. The summed E-state index contributed by atoms with van der Waals surface area (Å²) in [5.74, 6) is -0.0506. The van der Waals surface area contributed by atoms with Gasteiger partial charge in [-0.1, -0.05) is 0 Å². The smallest absolute Gasteiger partial charge is 0.225 e. The Morgan fingerprint density at radius 2 is 2.16 bits per heavy atom. The molecule has 142 valence electrons. The van der Waals surface area contributed by atoms with Crippen LogP contribution in [0.1, 0.15) is 24.3 Å². The summed E-state index contributed by atoms with van der Waals surface area (Å²) in [5.41, 5.74) is 1.06. The number of aromatic nitrogens is 2. The molecule has 1 aromatic rings. The van der Waals surface area contributed by atoms with Crippen LogP contribution in [-0.4, -0.2) is 66.9 Å². The molecule has 0 aliphatic carbocycles. The Kier molecular flexibility index (Phi) is 6.47. The maximum Gasteiger partial charge on any atom is 0.225 e. The molecule has 2 N–H and O–H groups in total. The van der Waals surface area contributed by atoms with Gasteiger partial charge in [0.15, 0.2) is 0 Å². The van der Waals surface area contributed by atoms with Gasteiger partial charge in [-0.25, -0.2) is 12.7 Å². The van der Waals surface area contributed by atoms with Gasteiger partial charge in [0.1, 0.15) is 0 Å². The monoisotopic (exact) mass is 391 g/mol. The standard InChI is InChI=1S/C15H25N5O3S.ClH/c1-19-9-11(6-17-19)13-7-16-8-14(13)15(21)18-12-4-3-5-20(10-12)24(2,22)23;/h6,9,12-14,16H,3-5,7-8,10H2,1-2H3,(H,18,21);1H/t12?,13-,14+;/m1./s1. The highest BCUT2D eigenvalue weighted by molar-refractivity contribution is 7.88. The van der Waals surface area contributed by atoms with E-state index in [9.17, 15) is 13.2 Å². The Bertz CT molecular complexity index is 708. The minimum absolute atomic E-state index is 0. The predicted molar refractivity (Wildman–Crippen MR) is 97.1 cm³/mol. The average Bonchev–Trinajstić information content (AvgIpc) is 3.15. The summed E-state index contributed by atoms with van der Waals surface area (Å²) in [7, 11) is -1.34. The Labute approximate surface area is 154 Å². The molecule has 2 aliphatic rings. The minimum Gasteiger partial charge on any atom is -0.352 e. The third-order valence-corrected chi connectivity index (χ3v) is 6.17. The van der Waals surface area contributed by atoms with Gasteiger partial charge in [-0.2, -0.15) is 5.10 Å². The highest BCUT2D eigenvalue weighted by Gasteiger charge is 2.36. The molecule has 0 aromatic carbocycles. The van der Waals surface area contributed by atoms with Gasteiger partial charge in [0.2, 0.25) is 15.9 Å². The Hall–Kier alpha value is -1.16. The lowest BCUT2D eigenvalue weighted by Gasteiger charge is -2.32. The molecule has 3 heterocycles. The van der Waals surface area contributed by atoms with E-state index < -0.39 is 10.0 Å².